The van der Waals surface area contributed by atoms with E-state index in [1.807, 2.05) is 25.1 Å². The largest absolute Gasteiger partial charge is 0.419 e. The first-order valence-electron chi connectivity index (χ1n) is 10.0. The summed E-state index contributed by atoms with van der Waals surface area (Å²) in [4.78, 5) is 17.8. The predicted molar refractivity (Wildman–Crippen MR) is 111 cm³/mol. The molecule has 4 nitrogen and oxygen atoms in total. The summed E-state index contributed by atoms with van der Waals surface area (Å²) in [6, 6.07) is 8.31. The van der Waals surface area contributed by atoms with Crippen LogP contribution in [0, 0.1) is 12.7 Å². The number of carbonyl (C=O) groups excluding carboxylic acids is 1. The maximum absolute atomic E-state index is 13.6. The maximum atomic E-state index is 13.6. The smallest absolute Gasteiger partial charge is 0.340 e. The van der Waals surface area contributed by atoms with E-state index in [9.17, 15) is 22.4 Å². The number of hydrogen-bond acceptors (Lipinski definition) is 3. The van der Waals surface area contributed by atoms with Crippen molar-refractivity contribution >= 4 is 28.7 Å². The lowest BCUT2D eigenvalue weighted by atomic mass is 9.91. The second kappa shape index (κ2) is 8.17. The van der Waals surface area contributed by atoms with E-state index in [1.54, 1.807) is 11.1 Å². The Bertz CT molecular complexity index is 1130. The Kier molecular flexibility index (Phi) is 5.56. The summed E-state index contributed by atoms with van der Waals surface area (Å²) >= 11 is 0. The Balaban J connectivity index is 1.79. The summed E-state index contributed by atoms with van der Waals surface area (Å²) in [6.45, 7) is 2.63. The molecule has 162 valence electrons. The number of amides is 1. The van der Waals surface area contributed by atoms with Gasteiger partial charge in [0.1, 0.15) is 11.6 Å². The molecule has 0 aliphatic carbocycles. The summed E-state index contributed by atoms with van der Waals surface area (Å²) in [7, 11) is 0. The molecule has 4 rings (SSSR count). The fraction of sp³-hybridized carbons (Fsp3) is 0.304. The van der Waals surface area contributed by atoms with Crippen LogP contribution in [0.1, 0.15) is 42.0 Å². The summed E-state index contributed by atoms with van der Waals surface area (Å²) < 4.78 is 52.9. The third-order valence-corrected chi connectivity index (χ3v) is 5.72. The molecule has 1 aliphatic heterocycles. The Morgan fingerprint density at radius 1 is 1.19 bits per heavy atom. The van der Waals surface area contributed by atoms with E-state index >= 15 is 0 Å². The van der Waals surface area contributed by atoms with Crippen LogP contribution in [0.5, 0.6) is 0 Å². The van der Waals surface area contributed by atoms with E-state index < -0.39 is 17.6 Å². The number of nitrogens with zero attached hydrogens (tertiary/aromatic N) is 2. The first-order valence-corrected chi connectivity index (χ1v) is 10.0. The first kappa shape index (κ1) is 21.1. The molecule has 1 fully saturated rings. The molecule has 2 aromatic carbocycles. The molecule has 31 heavy (non-hydrogen) atoms. The van der Waals surface area contributed by atoms with E-state index in [1.165, 1.54) is 6.07 Å². The van der Waals surface area contributed by atoms with Crippen molar-refractivity contribution in [2.24, 2.45) is 0 Å². The SMILES string of the molecule is Cc1cccc2c(Nc3ccc(F)c(C(F)(F)F)c3)ncc(C3CCCCN3C=O)c12. The van der Waals surface area contributed by atoms with Gasteiger partial charge in [0.05, 0.1) is 11.6 Å². The van der Waals surface area contributed by atoms with Crippen LogP contribution in [0.15, 0.2) is 42.6 Å². The van der Waals surface area contributed by atoms with Gasteiger partial charge in [-0.25, -0.2) is 9.37 Å². The van der Waals surface area contributed by atoms with Crippen molar-refractivity contribution in [3.05, 3.63) is 65.1 Å². The molecule has 1 amide bonds. The van der Waals surface area contributed by atoms with Crippen molar-refractivity contribution < 1.29 is 22.4 Å². The number of rotatable bonds is 4. The van der Waals surface area contributed by atoms with Gasteiger partial charge in [-0.05, 0) is 55.3 Å². The molecule has 1 atom stereocenters. The summed E-state index contributed by atoms with van der Waals surface area (Å²) in [5.41, 5.74) is 0.646. The van der Waals surface area contributed by atoms with E-state index in [0.717, 1.165) is 59.7 Å². The molecular weight excluding hydrogens is 410 g/mol. The quantitative estimate of drug-likeness (QED) is 0.399. The van der Waals surface area contributed by atoms with Crippen LogP contribution in [-0.2, 0) is 11.0 Å². The third-order valence-electron chi connectivity index (χ3n) is 5.72. The Morgan fingerprint density at radius 3 is 2.74 bits per heavy atom. The topological polar surface area (TPSA) is 45.2 Å². The van der Waals surface area contributed by atoms with Crippen molar-refractivity contribution in [1.82, 2.24) is 9.88 Å². The minimum atomic E-state index is -4.79. The second-order valence-electron chi connectivity index (χ2n) is 7.73. The molecule has 1 unspecified atom stereocenters. The van der Waals surface area contributed by atoms with Crippen molar-refractivity contribution in [2.75, 3.05) is 11.9 Å². The number of nitrogens with one attached hydrogen (secondary N) is 1. The molecule has 0 spiro atoms. The molecule has 8 heteroatoms. The monoisotopic (exact) mass is 431 g/mol. The molecule has 2 heterocycles. The number of anilines is 2. The Morgan fingerprint density at radius 2 is 2.00 bits per heavy atom. The minimum Gasteiger partial charge on any atom is -0.340 e. The number of pyridine rings is 1. The number of likely N-dealkylation sites (tertiary alicyclic amines) is 1. The highest BCUT2D eigenvalue weighted by Crippen LogP contribution is 2.38. The van der Waals surface area contributed by atoms with Gasteiger partial charge in [0.15, 0.2) is 0 Å². The van der Waals surface area contributed by atoms with Crippen LogP contribution < -0.4 is 5.32 Å². The Labute approximate surface area is 176 Å². The van der Waals surface area contributed by atoms with Crippen LogP contribution in [0.3, 0.4) is 0 Å². The predicted octanol–water partition coefficient (Wildman–Crippen LogP) is 6.13. The molecule has 1 N–H and O–H groups in total. The summed E-state index contributed by atoms with van der Waals surface area (Å²) in [6.07, 6.45) is 0.514. The van der Waals surface area contributed by atoms with Crippen molar-refractivity contribution in [3.8, 4) is 0 Å². The normalized spacial score (nSPS) is 17.1. The lowest BCUT2D eigenvalue weighted by Gasteiger charge is -2.34. The first-order chi connectivity index (χ1) is 14.8. The number of aryl methyl sites for hydroxylation is 1. The van der Waals surface area contributed by atoms with Crippen LogP contribution in [0.25, 0.3) is 10.8 Å². The highest BCUT2D eigenvalue weighted by molar-refractivity contribution is 5.97. The minimum absolute atomic E-state index is 0.0870. The van der Waals surface area contributed by atoms with Crippen molar-refractivity contribution in [3.63, 3.8) is 0 Å². The van der Waals surface area contributed by atoms with Gasteiger partial charge in [-0.3, -0.25) is 4.79 Å². The zero-order valence-electron chi connectivity index (χ0n) is 16.8. The molecule has 1 saturated heterocycles. The molecule has 3 aromatic rings. The van der Waals surface area contributed by atoms with Crippen LogP contribution >= 0.6 is 0 Å². The number of halogens is 4. The molecule has 0 saturated carbocycles. The maximum Gasteiger partial charge on any atom is 0.419 e. The highest BCUT2D eigenvalue weighted by atomic mass is 19.4. The van der Waals surface area contributed by atoms with Gasteiger partial charge < -0.3 is 10.2 Å². The van der Waals surface area contributed by atoms with Gasteiger partial charge in [-0.15, -0.1) is 0 Å². The van der Waals surface area contributed by atoms with Crippen LogP contribution in [0.2, 0.25) is 0 Å². The van der Waals surface area contributed by atoms with Gasteiger partial charge in [0.2, 0.25) is 6.41 Å². The van der Waals surface area contributed by atoms with Crippen LogP contribution in [-0.4, -0.2) is 22.8 Å². The molecule has 1 aromatic heterocycles. The van der Waals surface area contributed by atoms with E-state index in [4.69, 9.17) is 0 Å². The van der Waals surface area contributed by atoms with Gasteiger partial charge in [0, 0.05) is 29.4 Å². The summed E-state index contributed by atoms with van der Waals surface area (Å²) in [5, 5.41) is 4.55. The van der Waals surface area contributed by atoms with Gasteiger partial charge >= 0.3 is 6.18 Å². The van der Waals surface area contributed by atoms with E-state index in [-0.39, 0.29) is 11.7 Å². The van der Waals surface area contributed by atoms with Gasteiger partial charge in [-0.2, -0.15) is 13.2 Å². The van der Waals surface area contributed by atoms with Crippen molar-refractivity contribution in [2.45, 2.75) is 38.4 Å². The standard InChI is InChI=1S/C23H21F4N3O/c1-14-5-4-6-16-21(14)17(20-7-2-3-10-30(20)13-31)12-28-22(16)29-15-8-9-19(24)18(11-15)23(25,26)27/h4-6,8-9,11-13,20H,2-3,7,10H2,1H3,(H,28,29). The zero-order valence-corrected chi connectivity index (χ0v) is 16.8. The third kappa shape index (κ3) is 4.06. The number of fused-ring (bicyclic) bond motifs is 1. The average molecular weight is 431 g/mol. The number of aromatic nitrogens is 1. The molecule has 0 radical (unpaired) electrons. The fourth-order valence-corrected chi connectivity index (χ4v) is 4.24. The second-order valence-corrected chi connectivity index (χ2v) is 7.73. The van der Waals surface area contributed by atoms with E-state index in [0.29, 0.717) is 12.4 Å². The fourth-order valence-electron chi connectivity index (χ4n) is 4.24. The highest BCUT2D eigenvalue weighted by Gasteiger charge is 2.34. The van der Waals surface area contributed by atoms with Crippen LogP contribution in [0.4, 0.5) is 29.1 Å². The number of carbonyl (C=O) groups is 1. The molecule has 1 aliphatic rings. The number of piperidine rings is 1. The molecular formula is C23H21F4N3O. The number of benzene rings is 2. The van der Waals surface area contributed by atoms with Gasteiger partial charge in [0.25, 0.3) is 0 Å². The van der Waals surface area contributed by atoms with E-state index in [2.05, 4.69) is 10.3 Å². The van der Waals surface area contributed by atoms with Crippen molar-refractivity contribution in [1.29, 1.82) is 0 Å². The van der Waals surface area contributed by atoms with Gasteiger partial charge in [-0.1, -0.05) is 18.2 Å². The lowest BCUT2D eigenvalue weighted by Crippen LogP contribution is -2.32. The lowest BCUT2D eigenvalue weighted by molar-refractivity contribution is -0.139. The number of alkyl halides is 3. The summed E-state index contributed by atoms with van der Waals surface area (Å²) in [5.74, 6) is -0.955. The number of hydrogen-bond donors (Lipinski definition) is 1. The average Bonchev–Trinajstić information content (AvgIpc) is 2.75. The zero-order chi connectivity index (χ0) is 22.2. The Hall–Kier alpha value is -3.16. The molecule has 0 bridgehead atoms.